The number of nitrogens with one attached hydrogen (secondary N) is 3. The number of hydrogen-bond donors (Lipinski definition) is 3. The molecule has 3 rings (SSSR count). The summed E-state index contributed by atoms with van der Waals surface area (Å²) >= 11 is 0. The third-order valence-corrected chi connectivity index (χ3v) is 4.20. The number of fused-ring (bicyclic) bond motifs is 1. The average molecular weight is 371 g/mol. The van der Waals surface area contributed by atoms with Crippen LogP contribution in [-0.4, -0.2) is 29.9 Å². The number of amides is 2. The van der Waals surface area contributed by atoms with Crippen molar-refractivity contribution in [3.05, 3.63) is 71.4 Å². The molecule has 0 aliphatic carbocycles. The smallest absolute Gasteiger partial charge is 0.254 e. The summed E-state index contributed by atoms with van der Waals surface area (Å²) in [6.07, 6.45) is 2.68. The van der Waals surface area contributed by atoms with Crippen molar-refractivity contribution in [2.75, 3.05) is 13.1 Å². The van der Waals surface area contributed by atoms with Crippen molar-refractivity contribution in [3.63, 3.8) is 0 Å². The summed E-state index contributed by atoms with van der Waals surface area (Å²) in [4.78, 5) is 26.9. The lowest BCUT2D eigenvalue weighted by Crippen LogP contribution is -2.32. The van der Waals surface area contributed by atoms with Crippen LogP contribution < -0.4 is 10.6 Å². The molecule has 27 heavy (non-hydrogen) atoms. The highest BCUT2D eigenvalue weighted by Gasteiger charge is 2.12. The molecule has 0 bridgehead atoms. The molecule has 3 N–H and O–H groups in total. The van der Waals surface area contributed by atoms with E-state index in [2.05, 4.69) is 15.6 Å². The molecule has 2 amide bonds. The van der Waals surface area contributed by atoms with Crippen LogP contribution in [0, 0.1) is 11.6 Å². The van der Waals surface area contributed by atoms with Gasteiger partial charge in [-0.1, -0.05) is 18.2 Å². The van der Waals surface area contributed by atoms with Crippen molar-refractivity contribution < 1.29 is 18.4 Å². The van der Waals surface area contributed by atoms with Crippen LogP contribution in [0.4, 0.5) is 8.78 Å². The van der Waals surface area contributed by atoms with Gasteiger partial charge in [0, 0.05) is 42.7 Å². The lowest BCUT2D eigenvalue weighted by molar-refractivity contribution is -0.120. The van der Waals surface area contributed by atoms with Crippen molar-refractivity contribution in [3.8, 4) is 0 Å². The molecule has 0 saturated heterocycles. The molecule has 1 heterocycles. The maximum absolute atomic E-state index is 13.5. The number of aromatic amines is 1. The quantitative estimate of drug-likeness (QED) is 0.597. The molecule has 0 aliphatic rings. The summed E-state index contributed by atoms with van der Waals surface area (Å²) in [5.41, 5.74) is 1.91. The highest BCUT2D eigenvalue weighted by molar-refractivity contribution is 5.94. The van der Waals surface area contributed by atoms with Gasteiger partial charge in [0.25, 0.3) is 5.91 Å². The third kappa shape index (κ3) is 4.69. The van der Waals surface area contributed by atoms with Crippen molar-refractivity contribution in [2.24, 2.45) is 0 Å². The number of para-hydroxylation sites is 1. The third-order valence-electron chi connectivity index (χ3n) is 4.20. The molecule has 7 heteroatoms. The zero-order chi connectivity index (χ0) is 19.2. The van der Waals surface area contributed by atoms with Crippen LogP contribution in [0.1, 0.15) is 22.3 Å². The summed E-state index contributed by atoms with van der Waals surface area (Å²) in [7, 11) is 0. The minimum absolute atomic E-state index is 0.0641. The fourth-order valence-electron chi connectivity index (χ4n) is 2.82. The van der Waals surface area contributed by atoms with Gasteiger partial charge < -0.3 is 15.6 Å². The van der Waals surface area contributed by atoms with E-state index >= 15 is 0 Å². The Morgan fingerprint density at radius 2 is 1.81 bits per heavy atom. The van der Waals surface area contributed by atoms with Crippen molar-refractivity contribution in [2.45, 2.75) is 12.8 Å². The number of benzene rings is 2. The lowest BCUT2D eigenvalue weighted by Gasteiger charge is -2.07. The van der Waals surface area contributed by atoms with E-state index in [0.29, 0.717) is 19.0 Å². The second kappa shape index (κ2) is 8.44. The summed E-state index contributed by atoms with van der Waals surface area (Å²) in [5.74, 6) is -2.58. The minimum Gasteiger partial charge on any atom is -0.361 e. The van der Waals surface area contributed by atoms with Crippen LogP contribution in [0.15, 0.2) is 48.7 Å². The van der Waals surface area contributed by atoms with E-state index in [1.54, 1.807) is 0 Å². The predicted octanol–water partition coefficient (Wildman–Crippen LogP) is 2.92. The van der Waals surface area contributed by atoms with Crippen molar-refractivity contribution >= 4 is 22.7 Å². The summed E-state index contributed by atoms with van der Waals surface area (Å²) in [6.45, 7) is 0.537. The van der Waals surface area contributed by atoms with E-state index in [4.69, 9.17) is 0 Å². The fourth-order valence-corrected chi connectivity index (χ4v) is 2.82. The first kappa shape index (κ1) is 18.6. The topological polar surface area (TPSA) is 74.0 Å². The Balaban J connectivity index is 1.40. The minimum atomic E-state index is -0.935. The zero-order valence-corrected chi connectivity index (χ0v) is 14.5. The number of H-pyrrole nitrogens is 1. The van der Waals surface area contributed by atoms with Gasteiger partial charge in [-0.05, 0) is 30.2 Å². The molecule has 0 unspecified atom stereocenters. The zero-order valence-electron chi connectivity index (χ0n) is 14.5. The number of halogens is 2. The molecule has 0 aliphatic heterocycles. The van der Waals surface area contributed by atoms with Gasteiger partial charge >= 0.3 is 0 Å². The summed E-state index contributed by atoms with van der Waals surface area (Å²) < 4.78 is 26.4. The molecule has 0 atom stereocenters. The van der Waals surface area contributed by atoms with Gasteiger partial charge in [-0.2, -0.15) is 0 Å². The Bertz CT molecular complexity index is 969. The molecule has 0 radical (unpaired) electrons. The number of hydrogen-bond acceptors (Lipinski definition) is 2. The van der Waals surface area contributed by atoms with Crippen molar-refractivity contribution in [1.82, 2.24) is 15.6 Å². The highest BCUT2D eigenvalue weighted by Crippen LogP contribution is 2.17. The Kier molecular flexibility index (Phi) is 5.80. The van der Waals surface area contributed by atoms with Crippen LogP contribution in [0.25, 0.3) is 10.9 Å². The second-order valence-electron chi connectivity index (χ2n) is 6.09. The van der Waals surface area contributed by atoms with E-state index in [-0.39, 0.29) is 24.4 Å². The first-order chi connectivity index (χ1) is 13.0. The molecule has 140 valence electrons. The molecule has 2 aromatic carbocycles. The van der Waals surface area contributed by atoms with Gasteiger partial charge in [-0.15, -0.1) is 0 Å². The Morgan fingerprint density at radius 1 is 1.00 bits per heavy atom. The number of carbonyl (C=O) groups is 2. The average Bonchev–Trinajstić information content (AvgIpc) is 3.05. The predicted molar refractivity (Wildman–Crippen MR) is 98.3 cm³/mol. The summed E-state index contributed by atoms with van der Waals surface area (Å²) in [5, 5.41) is 6.37. The first-order valence-corrected chi connectivity index (χ1v) is 8.59. The van der Waals surface area contributed by atoms with Crippen molar-refractivity contribution in [1.29, 1.82) is 0 Å². The van der Waals surface area contributed by atoms with Crippen LogP contribution in [-0.2, 0) is 11.2 Å². The first-order valence-electron chi connectivity index (χ1n) is 8.59. The standard InChI is InChI=1S/C20H19F2N3O2/c21-14-5-6-16(17(22)11-14)20(27)24-10-8-19(26)23-9-7-13-12-25-18-4-2-1-3-15(13)18/h1-6,11-12,25H,7-10H2,(H,23,26)(H,24,27). The molecule has 0 spiro atoms. The largest absolute Gasteiger partial charge is 0.361 e. The van der Waals surface area contributed by atoms with Crippen LogP contribution >= 0.6 is 0 Å². The van der Waals surface area contributed by atoms with Gasteiger partial charge in [-0.3, -0.25) is 9.59 Å². The van der Waals surface area contributed by atoms with Gasteiger partial charge in [0.15, 0.2) is 0 Å². The molecule has 3 aromatic rings. The normalized spacial score (nSPS) is 10.7. The van der Waals surface area contributed by atoms with Gasteiger partial charge in [0.1, 0.15) is 11.6 Å². The fraction of sp³-hybridized carbons (Fsp3) is 0.200. The number of carbonyl (C=O) groups excluding carboxylic acids is 2. The summed E-state index contributed by atoms with van der Waals surface area (Å²) in [6, 6.07) is 10.7. The second-order valence-corrected chi connectivity index (χ2v) is 6.09. The van der Waals surface area contributed by atoms with E-state index in [0.717, 1.165) is 28.6 Å². The Labute approximate surface area is 154 Å². The van der Waals surface area contributed by atoms with E-state index in [9.17, 15) is 18.4 Å². The van der Waals surface area contributed by atoms with E-state index < -0.39 is 17.5 Å². The molecular weight excluding hydrogens is 352 g/mol. The van der Waals surface area contributed by atoms with Crippen LogP contribution in [0.5, 0.6) is 0 Å². The van der Waals surface area contributed by atoms with E-state index in [1.165, 1.54) is 0 Å². The van der Waals surface area contributed by atoms with Gasteiger partial charge in [0.2, 0.25) is 5.91 Å². The lowest BCUT2D eigenvalue weighted by atomic mass is 10.1. The van der Waals surface area contributed by atoms with Crippen LogP contribution in [0.3, 0.4) is 0 Å². The maximum Gasteiger partial charge on any atom is 0.254 e. The Hall–Kier alpha value is -3.22. The molecular formula is C20H19F2N3O2. The monoisotopic (exact) mass is 371 g/mol. The SMILES string of the molecule is O=C(CCNC(=O)c1ccc(F)cc1F)NCCc1c[nH]c2ccccc12. The van der Waals surface area contributed by atoms with E-state index in [1.807, 2.05) is 30.5 Å². The number of aromatic nitrogens is 1. The molecule has 0 fully saturated rings. The molecule has 0 saturated carbocycles. The Morgan fingerprint density at radius 3 is 2.63 bits per heavy atom. The maximum atomic E-state index is 13.5. The molecule has 1 aromatic heterocycles. The number of rotatable bonds is 7. The van der Waals surface area contributed by atoms with Gasteiger partial charge in [-0.25, -0.2) is 8.78 Å². The van der Waals surface area contributed by atoms with Gasteiger partial charge in [0.05, 0.1) is 5.56 Å². The highest BCUT2D eigenvalue weighted by atomic mass is 19.1. The molecule has 5 nitrogen and oxygen atoms in total. The van der Waals surface area contributed by atoms with Crippen LogP contribution in [0.2, 0.25) is 0 Å².